The predicted octanol–water partition coefficient (Wildman–Crippen LogP) is -0.580. The predicted molar refractivity (Wildman–Crippen MR) is 202 cm³/mol. The molecule has 0 bridgehead atoms. The van der Waals surface area contributed by atoms with Crippen LogP contribution in [0.3, 0.4) is 0 Å². The van der Waals surface area contributed by atoms with Gasteiger partial charge in [0.25, 0.3) is 0 Å². The summed E-state index contributed by atoms with van der Waals surface area (Å²) in [7, 11) is -5.10. The van der Waals surface area contributed by atoms with E-state index in [0.717, 1.165) is 26.2 Å². The van der Waals surface area contributed by atoms with E-state index in [0.29, 0.717) is 31.6 Å². The summed E-state index contributed by atoms with van der Waals surface area (Å²) in [5, 5.41) is 20.1. The second kappa shape index (κ2) is 21.6. The fraction of sp³-hybridized carbons (Fsp3) is 0.583. The molecule has 6 atom stereocenters. The molecule has 2 aromatic rings. The van der Waals surface area contributed by atoms with E-state index in [1.807, 2.05) is 48.7 Å². The van der Waals surface area contributed by atoms with Gasteiger partial charge in [-0.25, -0.2) is 9.55 Å². The molecule has 0 radical (unpaired) electrons. The molecule has 6 amide bonds. The van der Waals surface area contributed by atoms with Crippen LogP contribution in [0, 0.1) is 5.92 Å². The molecule has 0 unspecified atom stereocenters. The van der Waals surface area contributed by atoms with Gasteiger partial charge < -0.3 is 51.4 Å². The van der Waals surface area contributed by atoms with E-state index in [9.17, 15) is 38.4 Å². The highest BCUT2D eigenvalue weighted by molar-refractivity contribution is 7.46. The minimum Gasteiger partial charge on any atom is -0.394 e. The molecule has 1 aromatic heterocycles. The Bertz CT molecular complexity index is 1700. The topological polar surface area (TPSA) is 285 Å². The van der Waals surface area contributed by atoms with E-state index in [1.165, 1.54) is 23.6 Å². The number of nitrogens with one attached hydrogen (secondary N) is 4. The number of primary amides is 1. The van der Waals surface area contributed by atoms with Gasteiger partial charge in [-0.15, -0.1) is 0 Å². The van der Waals surface area contributed by atoms with Crippen LogP contribution >= 0.6 is 7.82 Å². The number of unbranched alkanes of at least 4 members (excludes halogenated alkanes) is 1. The van der Waals surface area contributed by atoms with Crippen molar-refractivity contribution >= 4 is 43.3 Å². The minimum atomic E-state index is -5.10. The molecule has 0 spiro atoms. The highest BCUT2D eigenvalue weighted by atomic mass is 31.2. The van der Waals surface area contributed by atoms with Crippen LogP contribution in [-0.2, 0) is 57.2 Å². The lowest BCUT2D eigenvalue weighted by Gasteiger charge is -2.28. The Morgan fingerprint density at radius 2 is 1.59 bits per heavy atom. The Hall–Kier alpha value is -4.68. The number of nitrogens with two attached hydrogens (primary N) is 1. The molecule has 56 heavy (non-hydrogen) atoms. The number of imidazole rings is 1. The number of nitrogens with zero attached hydrogens (tertiary/aromatic N) is 3. The van der Waals surface area contributed by atoms with Crippen LogP contribution in [0.4, 0.5) is 0 Å². The lowest BCUT2D eigenvalue weighted by Crippen LogP contribution is -2.61. The first kappa shape index (κ1) is 45.7. The van der Waals surface area contributed by atoms with Gasteiger partial charge in [-0.2, -0.15) is 0 Å². The average Bonchev–Trinajstić information content (AvgIpc) is 3.80. The third-order valence-electron chi connectivity index (χ3n) is 9.29. The van der Waals surface area contributed by atoms with Gasteiger partial charge in [0.1, 0.15) is 30.2 Å². The molecule has 1 aliphatic heterocycles. The summed E-state index contributed by atoms with van der Waals surface area (Å²) in [6.07, 6.45) is 5.09. The molecule has 1 aliphatic rings. The van der Waals surface area contributed by atoms with Crippen LogP contribution in [0.2, 0.25) is 0 Å². The Morgan fingerprint density at radius 3 is 2.20 bits per heavy atom. The number of hydrogen-bond donors (Lipinski definition) is 8. The van der Waals surface area contributed by atoms with Crippen molar-refractivity contribution in [2.24, 2.45) is 11.7 Å². The van der Waals surface area contributed by atoms with Crippen LogP contribution in [0.15, 0.2) is 42.9 Å². The summed E-state index contributed by atoms with van der Waals surface area (Å²) in [5.41, 5.74) is 7.08. The van der Waals surface area contributed by atoms with Crippen molar-refractivity contribution in [2.45, 2.75) is 115 Å². The number of hydrogen-bond acceptors (Lipinski definition) is 10. The van der Waals surface area contributed by atoms with Crippen LogP contribution < -0.4 is 27.0 Å². The molecule has 1 saturated heterocycles. The first-order valence-electron chi connectivity index (χ1n) is 18.6. The van der Waals surface area contributed by atoms with Gasteiger partial charge in [0.15, 0.2) is 0 Å². The summed E-state index contributed by atoms with van der Waals surface area (Å²) in [5.74, 6) is -4.85. The molecule has 1 aromatic carbocycles. The fourth-order valence-electron chi connectivity index (χ4n) is 6.47. The normalized spacial score (nSPS) is 17.0. The van der Waals surface area contributed by atoms with E-state index in [1.54, 1.807) is 6.33 Å². The smallest absolute Gasteiger partial charge is 0.394 e. The number of aliphatic hydroxyl groups is 1. The number of amides is 6. The summed E-state index contributed by atoms with van der Waals surface area (Å²) >= 11 is 0. The molecule has 310 valence electrons. The fourth-order valence-corrected chi connectivity index (χ4v) is 7.03. The number of aromatic nitrogens is 2. The maximum absolute atomic E-state index is 14.0. The van der Waals surface area contributed by atoms with Crippen LogP contribution in [0.25, 0.3) is 0 Å². The van der Waals surface area contributed by atoms with Crippen molar-refractivity contribution in [3.8, 4) is 0 Å². The number of carbonyl (C=O) groups excluding carboxylic acids is 6. The SMILES string of the molecule is CC(=O)N1CCC[C@H]1C(=O)N[C@@H](CC(C)C)C(=O)N[C@@H](Cc1cncn1CCCCc1ccccc1)C(=O)N[C@@H](CO)C(=O)N[C@H](C(N)=O)[C@@H](C)OP(=O)(O)O. The number of aryl methyl sites for hydroxylation is 2. The van der Waals surface area contributed by atoms with Gasteiger partial charge in [0, 0.05) is 38.3 Å². The van der Waals surface area contributed by atoms with Gasteiger partial charge in [-0.1, -0.05) is 44.2 Å². The Balaban J connectivity index is 1.84. The molecule has 3 rings (SSSR count). The van der Waals surface area contributed by atoms with Crippen molar-refractivity contribution in [3.63, 3.8) is 0 Å². The number of likely N-dealkylation sites (tertiary alicyclic amines) is 1. The minimum absolute atomic E-state index is 0.0826. The molecule has 20 heteroatoms. The van der Waals surface area contributed by atoms with Crippen molar-refractivity contribution in [1.29, 1.82) is 0 Å². The number of phosphoric acid groups is 1. The van der Waals surface area contributed by atoms with Gasteiger partial charge in [0.05, 0.1) is 19.0 Å². The second-order valence-electron chi connectivity index (χ2n) is 14.3. The largest absolute Gasteiger partial charge is 0.469 e. The first-order chi connectivity index (χ1) is 26.4. The molecule has 0 aliphatic carbocycles. The van der Waals surface area contributed by atoms with Crippen molar-refractivity contribution < 1.29 is 52.7 Å². The third-order valence-corrected chi connectivity index (χ3v) is 9.90. The highest BCUT2D eigenvalue weighted by Crippen LogP contribution is 2.38. The third kappa shape index (κ3) is 14.4. The maximum atomic E-state index is 14.0. The number of carbonyl (C=O) groups is 6. The van der Waals surface area contributed by atoms with Crippen LogP contribution in [-0.4, -0.2) is 114 Å². The van der Waals surface area contributed by atoms with Gasteiger partial charge in [0.2, 0.25) is 35.4 Å². The lowest BCUT2D eigenvalue weighted by atomic mass is 10.0. The molecule has 1 fully saturated rings. The van der Waals surface area contributed by atoms with Gasteiger partial charge in [-0.3, -0.25) is 33.3 Å². The van der Waals surface area contributed by atoms with Crippen molar-refractivity contribution in [2.75, 3.05) is 13.2 Å². The molecule has 19 nitrogen and oxygen atoms in total. The number of aliphatic hydroxyl groups excluding tert-OH is 1. The Morgan fingerprint density at radius 1 is 0.946 bits per heavy atom. The molecular formula is C36H55N8O11P. The van der Waals surface area contributed by atoms with Gasteiger partial charge >= 0.3 is 7.82 Å². The second-order valence-corrected chi connectivity index (χ2v) is 15.5. The van der Waals surface area contributed by atoms with Crippen LogP contribution in [0.1, 0.15) is 71.1 Å². The average molecular weight is 807 g/mol. The zero-order valence-electron chi connectivity index (χ0n) is 32.1. The van der Waals surface area contributed by atoms with Crippen molar-refractivity contribution in [1.82, 2.24) is 35.7 Å². The van der Waals surface area contributed by atoms with E-state index < -0.39 is 80.3 Å². The monoisotopic (exact) mass is 806 g/mol. The quantitative estimate of drug-likeness (QED) is 0.0548. The van der Waals surface area contributed by atoms with Crippen LogP contribution in [0.5, 0.6) is 0 Å². The number of benzene rings is 1. The molecular weight excluding hydrogens is 751 g/mol. The Kier molecular flexibility index (Phi) is 17.6. The molecule has 2 heterocycles. The number of phosphoric ester groups is 1. The van der Waals surface area contributed by atoms with E-state index in [2.05, 4.69) is 30.8 Å². The summed E-state index contributed by atoms with van der Waals surface area (Å²) in [6.45, 7) is 6.10. The maximum Gasteiger partial charge on any atom is 0.469 e. The van der Waals surface area contributed by atoms with E-state index >= 15 is 0 Å². The summed E-state index contributed by atoms with van der Waals surface area (Å²) in [4.78, 5) is 103. The van der Waals surface area contributed by atoms with E-state index in [4.69, 9.17) is 15.5 Å². The molecule has 0 saturated carbocycles. The standard InChI is InChI=1S/C36H55N8O11P/c1-22(2)17-27(40-36(51)30-14-10-16-44(30)24(4)46)33(48)39-28(18-26-19-38-21-43(26)15-9-8-13-25-11-6-5-7-12-25)34(49)41-29(20-45)35(50)42-31(32(37)47)23(3)55-56(52,53)54/h5-7,11-12,19,21-23,27-31,45H,8-10,13-18,20H2,1-4H3,(H2,37,47)(H,39,48)(H,40,51)(H,41,49)(H,42,50)(H2,52,53,54)/t23-,27+,28+,29+,30+,31+/m1/s1. The van der Waals surface area contributed by atoms with Crippen molar-refractivity contribution in [3.05, 3.63) is 54.1 Å². The zero-order valence-corrected chi connectivity index (χ0v) is 33.0. The number of rotatable bonds is 22. The first-order valence-corrected chi connectivity index (χ1v) is 20.1. The highest BCUT2D eigenvalue weighted by Gasteiger charge is 2.37. The zero-order chi connectivity index (χ0) is 41.6. The summed E-state index contributed by atoms with van der Waals surface area (Å²) in [6, 6.07) is 3.22. The lowest BCUT2D eigenvalue weighted by molar-refractivity contribution is -0.139. The van der Waals surface area contributed by atoms with Gasteiger partial charge in [-0.05, 0) is 56.9 Å². The Labute approximate surface area is 325 Å². The summed E-state index contributed by atoms with van der Waals surface area (Å²) < 4.78 is 17.7. The van der Waals surface area contributed by atoms with E-state index in [-0.39, 0.29) is 24.7 Å². The molecule has 9 N–H and O–H groups in total.